The molecule has 154 valence electrons. The van der Waals surface area contributed by atoms with Crippen LogP contribution in [-0.4, -0.2) is 71.4 Å². The molecule has 2 aliphatic heterocycles. The second-order valence-corrected chi connectivity index (χ2v) is 6.77. The third kappa shape index (κ3) is 3.99. The lowest BCUT2D eigenvalue weighted by Gasteiger charge is -2.33. The van der Waals surface area contributed by atoms with Crippen molar-refractivity contribution in [3.05, 3.63) is 47.3 Å². The average Bonchev–Trinajstić information content (AvgIpc) is 3.25. The number of ketones is 1. The number of Topliss-reactive ketones (excluding diaryl/α,β-unsaturated/α-hetero) is 1. The Morgan fingerprint density at radius 3 is 2.83 bits per heavy atom. The number of hydrogen-bond donors (Lipinski definition) is 1. The summed E-state index contributed by atoms with van der Waals surface area (Å²) >= 11 is 0. The Labute approximate surface area is 174 Å². The Kier molecular flexibility index (Phi) is 6.24. The first-order valence-corrected chi connectivity index (χ1v) is 9.29. The molecule has 9 heteroatoms. The van der Waals surface area contributed by atoms with Crippen molar-refractivity contribution in [1.82, 2.24) is 19.8 Å². The van der Waals surface area contributed by atoms with Gasteiger partial charge in [-0.3, -0.25) is 4.79 Å². The maximum absolute atomic E-state index is 13.0. The fourth-order valence-corrected chi connectivity index (χ4v) is 3.37. The van der Waals surface area contributed by atoms with E-state index in [9.17, 15) is 9.59 Å². The number of piperazine rings is 1. The van der Waals surface area contributed by atoms with Gasteiger partial charge in [0.05, 0.1) is 6.61 Å². The first-order chi connectivity index (χ1) is 13.6. The summed E-state index contributed by atoms with van der Waals surface area (Å²) < 4.78 is 11.0. The lowest BCUT2D eigenvalue weighted by atomic mass is 10.1. The van der Waals surface area contributed by atoms with Crippen molar-refractivity contribution in [2.75, 3.05) is 39.8 Å². The van der Waals surface area contributed by atoms with Crippen LogP contribution < -0.4 is 0 Å². The van der Waals surface area contributed by atoms with Crippen LogP contribution in [0.2, 0.25) is 0 Å². The summed E-state index contributed by atoms with van der Waals surface area (Å²) in [5.41, 5.74) is 1.46. The van der Waals surface area contributed by atoms with Gasteiger partial charge >= 0.3 is 5.97 Å². The quantitative estimate of drug-likeness (QED) is 0.461. The van der Waals surface area contributed by atoms with Gasteiger partial charge in [-0.05, 0) is 32.2 Å². The van der Waals surface area contributed by atoms with Crippen molar-refractivity contribution < 1.29 is 19.1 Å². The molecule has 0 saturated carbocycles. The van der Waals surface area contributed by atoms with E-state index in [0.717, 1.165) is 29.7 Å². The van der Waals surface area contributed by atoms with Crippen molar-refractivity contribution >= 4 is 41.3 Å². The second kappa shape index (κ2) is 8.67. The van der Waals surface area contributed by atoms with E-state index in [1.807, 2.05) is 24.1 Å². The first-order valence-electron chi connectivity index (χ1n) is 9.29. The van der Waals surface area contributed by atoms with Crippen LogP contribution in [0.15, 0.2) is 41.7 Å². The molecular formula is C20H23ClN4O4. The molecule has 0 spiro atoms. The minimum atomic E-state index is -0.648. The number of rotatable bonds is 4. The normalized spacial score (nSPS) is 18.9. The molecule has 29 heavy (non-hydrogen) atoms. The number of carbonyl (C=O) groups is 2. The van der Waals surface area contributed by atoms with E-state index >= 15 is 0 Å². The topological polar surface area (TPSA) is 87.8 Å². The summed E-state index contributed by atoms with van der Waals surface area (Å²) in [6.45, 7) is 4.90. The number of H-pyrrole nitrogens is 1. The molecule has 0 atom stereocenters. The Hall–Kier alpha value is -2.84. The van der Waals surface area contributed by atoms with E-state index < -0.39 is 11.8 Å². The van der Waals surface area contributed by atoms with E-state index in [2.05, 4.69) is 14.9 Å². The van der Waals surface area contributed by atoms with Gasteiger partial charge in [0.1, 0.15) is 5.65 Å². The lowest BCUT2D eigenvalue weighted by molar-refractivity contribution is -0.139. The number of halogens is 1. The summed E-state index contributed by atoms with van der Waals surface area (Å²) in [7, 11) is 2.04. The molecule has 4 rings (SSSR count). The zero-order chi connectivity index (χ0) is 19.7. The summed E-state index contributed by atoms with van der Waals surface area (Å²) in [5.74, 6) is -0.696. The number of ether oxygens (including phenoxy) is 2. The molecule has 1 N–H and O–H groups in total. The minimum absolute atomic E-state index is 0. The first kappa shape index (κ1) is 20.9. The van der Waals surface area contributed by atoms with E-state index in [0.29, 0.717) is 19.0 Å². The number of fused-ring (bicyclic) bond motifs is 1. The number of carbonyl (C=O) groups excluding carboxylic acids is 2. The second-order valence-electron chi connectivity index (χ2n) is 6.77. The van der Waals surface area contributed by atoms with Crippen LogP contribution in [0.5, 0.6) is 0 Å². The Balaban J connectivity index is 0.00000240. The molecule has 0 aromatic carbocycles. The predicted octanol–water partition coefficient (Wildman–Crippen LogP) is 1.95. The molecule has 0 aliphatic carbocycles. The molecule has 2 aliphatic rings. The van der Waals surface area contributed by atoms with E-state index in [1.165, 1.54) is 0 Å². The largest absolute Gasteiger partial charge is 0.462 e. The van der Waals surface area contributed by atoms with Crippen LogP contribution in [0.3, 0.4) is 0 Å². The summed E-state index contributed by atoms with van der Waals surface area (Å²) in [4.78, 5) is 36.9. The number of nitrogens with one attached hydrogen (secondary N) is 1. The molecule has 0 amide bonds. The summed E-state index contributed by atoms with van der Waals surface area (Å²) in [5, 5.41) is 0.872. The molecular weight excluding hydrogens is 396 g/mol. The Bertz CT molecular complexity index is 989. The highest BCUT2D eigenvalue weighted by atomic mass is 35.5. The van der Waals surface area contributed by atoms with E-state index in [1.54, 1.807) is 25.4 Å². The fraction of sp³-hybridized carbons (Fsp3) is 0.350. The molecule has 2 aromatic rings. The van der Waals surface area contributed by atoms with Crippen molar-refractivity contribution in [2.24, 2.45) is 0 Å². The van der Waals surface area contributed by atoms with E-state index in [-0.39, 0.29) is 30.3 Å². The number of esters is 1. The number of aromatic amines is 1. The minimum Gasteiger partial charge on any atom is -0.462 e. The molecule has 1 saturated heterocycles. The van der Waals surface area contributed by atoms with Crippen molar-refractivity contribution in [1.29, 1.82) is 0 Å². The standard InChI is InChI=1S/C20H22N4O4.ClH/c1-3-27-20(26)16-17(25)15(28-19(16)24-9-7-23(2)8-10-24)11-13-12-22-18-14(13)5-4-6-21-18;/h4-6,11-12H,3,7-10H2,1-2H3,(H,21,22);1H. The fourth-order valence-electron chi connectivity index (χ4n) is 3.37. The lowest BCUT2D eigenvalue weighted by Crippen LogP contribution is -2.44. The number of allylic oxidation sites excluding steroid dienone is 1. The van der Waals surface area contributed by atoms with Gasteiger partial charge in [-0.2, -0.15) is 0 Å². The van der Waals surface area contributed by atoms with Gasteiger partial charge in [0.25, 0.3) is 0 Å². The van der Waals surface area contributed by atoms with Crippen molar-refractivity contribution in [3.8, 4) is 0 Å². The van der Waals surface area contributed by atoms with Gasteiger partial charge in [-0.15, -0.1) is 12.4 Å². The monoisotopic (exact) mass is 418 g/mol. The van der Waals surface area contributed by atoms with Gasteiger partial charge < -0.3 is 24.3 Å². The average molecular weight is 419 g/mol. The van der Waals surface area contributed by atoms with Gasteiger partial charge in [0, 0.05) is 49.5 Å². The third-order valence-electron chi connectivity index (χ3n) is 4.91. The van der Waals surface area contributed by atoms with Crippen LogP contribution >= 0.6 is 12.4 Å². The molecule has 0 bridgehead atoms. The highest BCUT2D eigenvalue weighted by molar-refractivity contribution is 6.26. The summed E-state index contributed by atoms with van der Waals surface area (Å²) in [6.07, 6.45) is 5.10. The molecule has 8 nitrogen and oxygen atoms in total. The van der Waals surface area contributed by atoms with Crippen LogP contribution in [-0.2, 0) is 19.1 Å². The van der Waals surface area contributed by atoms with Gasteiger partial charge in [-0.1, -0.05) is 0 Å². The highest BCUT2D eigenvalue weighted by Gasteiger charge is 2.39. The van der Waals surface area contributed by atoms with Crippen LogP contribution in [0.25, 0.3) is 17.1 Å². The Morgan fingerprint density at radius 1 is 1.34 bits per heavy atom. The number of aromatic nitrogens is 2. The maximum Gasteiger partial charge on any atom is 0.347 e. The third-order valence-corrected chi connectivity index (χ3v) is 4.91. The smallest absolute Gasteiger partial charge is 0.347 e. The number of nitrogens with zero attached hydrogens (tertiary/aromatic N) is 3. The molecule has 1 fully saturated rings. The molecule has 4 heterocycles. The van der Waals surface area contributed by atoms with Crippen molar-refractivity contribution in [3.63, 3.8) is 0 Å². The molecule has 0 radical (unpaired) electrons. The maximum atomic E-state index is 13.0. The number of hydrogen-bond acceptors (Lipinski definition) is 7. The molecule has 2 aromatic heterocycles. The van der Waals surface area contributed by atoms with Gasteiger partial charge in [-0.25, -0.2) is 9.78 Å². The van der Waals surface area contributed by atoms with Crippen LogP contribution in [0.4, 0.5) is 0 Å². The highest BCUT2D eigenvalue weighted by Crippen LogP contribution is 2.31. The SMILES string of the molecule is CCOC(=O)C1=C(N2CCN(C)CC2)OC(=Cc2c[nH]c3ncccc23)C1=O.Cl. The molecule has 0 unspecified atom stereocenters. The van der Waals surface area contributed by atoms with Crippen LogP contribution in [0.1, 0.15) is 12.5 Å². The number of likely N-dealkylation sites (N-methyl/N-ethyl adjacent to an activating group) is 1. The van der Waals surface area contributed by atoms with Gasteiger partial charge in [0.2, 0.25) is 11.7 Å². The van der Waals surface area contributed by atoms with Gasteiger partial charge in [0.15, 0.2) is 11.3 Å². The summed E-state index contributed by atoms with van der Waals surface area (Å²) in [6, 6.07) is 3.74. The Morgan fingerprint density at radius 2 is 2.10 bits per heavy atom. The predicted molar refractivity (Wildman–Crippen MR) is 110 cm³/mol. The zero-order valence-corrected chi connectivity index (χ0v) is 17.1. The zero-order valence-electron chi connectivity index (χ0n) is 16.3. The van der Waals surface area contributed by atoms with Crippen molar-refractivity contribution in [2.45, 2.75) is 6.92 Å². The van der Waals surface area contributed by atoms with E-state index in [4.69, 9.17) is 9.47 Å². The van der Waals surface area contributed by atoms with Crippen LogP contribution in [0, 0.1) is 0 Å². The number of pyridine rings is 1.